The van der Waals surface area contributed by atoms with Gasteiger partial charge in [-0.15, -0.1) is 0 Å². The number of nitrogens with one attached hydrogen (secondary N) is 1. The summed E-state index contributed by atoms with van der Waals surface area (Å²) in [4.78, 5) is 11.8. The number of aromatic nitrogens is 2. The van der Waals surface area contributed by atoms with Crippen LogP contribution < -0.4 is 5.32 Å². The highest BCUT2D eigenvalue weighted by molar-refractivity contribution is 5.75. The summed E-state index contributed by atoms with van der Waals surface area (Å²) in [6.07, 6.45) is 10.4. The Hall–Kier alpha value is -1.32. The van der Waals surface area contributed by atoms with Crippen molar-refractivity contribution in [3.63, 3.8) is 0 Å². The third-order valence-electron chi connectivity index (χ3n) is 4.10. The van der Waals surface area contributed by atoms with Gasteiger partial charge in [-0.05, 0) is 19.3 Å². The minimum Gasteiger partial charge on any atom is -0.352 e. The molecule has 0 radical (unpaired) electrons. The summed E-state index contributed by atoms with van der Waals surface area (Å²) in [5, 5.41) is 7.27. The average molecular weight is 263 g/mol. The molecule has 1 aromatic rings. The van der Waals surface area contributed by atoms with Crippen LogP contribution in [0, 0.1) is 12.8 Å². The monoisotopic (exact) mass is 263 g/mol. The molecule has 0 aromatic carbocycles. The second-order valence-corrected chi connectivity index (χ2v) is 5.73. The van der Waals surface area contributed by atoms with Gasteiger partial charge in [0.05, 0.1) is 5.69 Å². The van der Waals surface area contributed by atoms with Crippen LogP contribution in [0.5, 0.6) is 0 Å². The molecule has 0 atom stereocenters. The number of hydrogen-bond donors (Lipinski definition) is 1. The van der Waals surface area contributed by atoms with Crippen LogP contribution in [-0.2, 0) is 18.4 Å². The van der Waals surface area contributed by atoms with Crippen molar-refractivity contribution < 1.29 is 4.79 Å². The molecule has 1 fully saturated rings. The minimum absolute atomic E-state index is 0.175. The second kappa shape index (κ2) is 6.73. The van der Waals surface area contributed by atoms with Gasteiger partial charge in [-0.3, -0.25) is 9.48 Å². The number of nitrogens with zero attached hydrogens (tertiary/aromatic N) is 2. The number of amides is 1. The first-order valence-corrected chi connectivity index (χ1v) is 7.41. The van der Waals surface area contributed by atoms with E-state index in [4.69, 9.17) is 0 Å². The molecule has 0 aliphatic heterocycles. The largest absolute Gasteiger partial charge is 0.352 e. The first-order valence-electron chi connectivity index (χ1n) is 7.41. The predicted octanol–water partition coefficient (Wildman–Crippen LogP) is 2.71. The van der Waals surface area contributed by atoms with E-state index in [2.05, 4.69) is 10.4 Å². The Bertz CT molecular complexity index is 419. The molecule has 1 aromatic heterocycles. The molecule has 1 amide bonds. The fourth-order valence-electron chi connectivity index (χ4n) is 2.92. The number of hydrogen-bond acceptors (Lipinski definition) is 2. The van der Waals surface area contributed by atoms with E-state index in [-0.39, 0.29) is 5.91 Å². The molecular weight excluding hydrogens is 238 g/mol. The van der Waals surface area contributed by atoms with Crippen molar-refractivity contribution in [2.45, 2.75) is 58.4 Å². The molecule has 1 aliphatic rings. The molecule has 0 unspecified atom stereocenters. The highest BCUT2D eigenvalue weighted by Crippen LogP contribution is 2.27. The lowest BCUT2D eigenvalue weighted by atomic mass is 9.86. The van der Waals surface area contributed by atoms with Crippen LogP contribution >= 0.6 is 0 Å². The van der Waals surface area contributed by atoms with E-state index in [0.29, 0.717) is 13.0 Å². The first-order chi connectivity index (χ1) is 9.15. The summed E-state index contributed by atoms with van der Waals surface area (Å²) in [5.74, 6) is 0.952. The molecule has 2 rings (SSSR count). The van der Waals surface area contributed by atoms with E-state index in [1.807, 2.05) is 20.2 Å². The third-order valence-corrected chi connectivity index (χ3v) is 4.10. The summed E-state index contributed by atoms with van der Waals surface area (Å²) >= 11 is 0. The van der Waals surface area contributed by atoms with Crippen molar-refractivity contribution in [3.05, 3.63) is 17.5 Å². The topological polar surface area (TPSA) is 46.9 Å². The zero-order chi connectivity index (χ0) is 13.7. The van der Waals surface area contributed by atoms with Gasteiger partial charge in [-0.2, -0.15) is 5.10 Å². The smallest absolute Gasteiger partial charge is 0.220 e. The van der Waals surface area contributed by atoms with Crippen LogP contribution in [0.4, 0.5) is 0 Å². The molecule has 1 saturated carbocycles. The van der Waals surface area contributed by atoms with E-state index >= 15 is 0 Å². The predicted molar refractivity (Wildman–Crippen MR) is 75.6 cm³/mol. The van der Waals surface area contributed by atoms with Gasteiger partial charge in [0.15, 0.2) is 0 Å². The number of aryl methyl sites for hydroxylation is 2. The maximum absolute atomic E-state index is 11.8. The fraction of sp³-hybridized carbons (Fsp3) is 0.733. The SMILES string of the molecule is Cc1nn(C)cc1CNC(=O)CCC1CCCCC1. The zero-order valence-corrected chi connectivity index (χ0v) is 12.1. The molecule has 4 nitrogen and oxygen atoms in total. The molecule has 106 valence electrons. The van der Waals surface area contributed by atoms with Crippen molar-refractivity contribution in [2.75, 3.05) is 0 Å². The molecule has 1 heterocycles. The molecule has 4 heteroatoms. The van der Waals surface area contributed by atoms with E-state index in [9.17, 15) is 4.79 Å². The van der Waals surface area contributed by atoms with Crippen LogP contribution in [0.3, 0.4) is 0 Å². The standard InChI is InChI=1S/C15H25N3O/c1-12-14(11-18(2)17-12)10-16-15(19)9-8-13-6-4-3-5-7-13/h11,13H,3-10H2,1-2H3,(H,16,19). The van der Waals surface area contributed by atoms with E-state index in [1.165, 1.54) is 32.1 Å². The number of carbonyl (C=O) groups is 1. The highest BCUT2D eigenvalue weighted by Gasteiger charge is 2.14. The lowest BCUT2D eigenvalue weighted by molar-refractivity contribution is -0.121. The third kappa shape index (κ3) is 4.37. The van der Waals surface area contributed by atoms with Crippen molar-refractivity contribution in [1.29, 1.82) is 0 Å². The summed E-state index contributed by atoms with van der Waals surface area (Å²) < 4.78 is 1.79. The van der Waals surface area contributed by atoms with Gasteiger partial charge in [0.1, 0.15) is 0 Å². The lowest BCUT2D eigenvalue weighted by Crippen LogP contribution is -2.23. The van der Waals surface area contributed by atoms with Gasteiger partial charge >= 0.3 is 0 Å². The fourth-order valence-corrected chi connectivity index (χ4v) is 2.92. The Kier molecular flexibility index (Phi) is 5.00. The number of carbonyl (C=O) groups excluding carboxylic acids is 1. The summed E-state index contributed by atoms with van der Waals surface area (Å²) in [6.45, 7) is 2.58. The molecule has 1 N–H and O–H groups in total. The summed E-state index contributed by atoms with van der Waals surface area (Å²) in [6, 6.07) is 0. The summed E-state index contributed by atoms with van der Waals surface area (Å²) in [5.41, 5.74) is 2.10. The van der Waals surface area contributed by atoms with Crippen LogP contribution in [-0.4, -0.2) is 15.7 Å². The number of rotatable bonds is 5. The molecule has 1 aliphatic carbocycles. The Balaban J connectivity index is 1.68. The molecule has 0 bridgehead atoms. The van der Waals surface area contributed by atoms with Gasteiger partial charge in [-0.25, -0.2) is 0 Å². The van der Waals surface area contributed by atoms with Crippen molar-refractivity contribution in [2.24, 2.45) is 13.0 Å². The second-order valence-electron chi connectivity index (χ2n) is 5.73. The van der Waals surface area contributed by atoms with Gasteiger partial charge in [0.2, 0.25) is 5.91 Å². The Labute approximate surface area is 115 Å². The average Bonchev–Trinajstić information content (AvgIpc) is 2.73. The highest BCUT2D eigenvalue weighted by atomic mass is 16.1. The van der Waals surface area contributed by atoms with Crippen LogP contribution in [0.15, 0.2) is 6.20 Å². The van der Waals surface area contributed by atoms with Crippen LogP contribution in [0.25, 0.3) is 0 Å². The van der Waals surface area contributed by atoms with Gasteiger partial charge < -0.3 is 5.32 Å². The Morgan fingerprint density at radius 2 is 2.16 bits per heavy atom. The first kappa shape index (κ1) is 14.1. The lowest BCUT2D eigenvalue weighted by Gasteiger charge is -2.20. The van der Waals surface area contributed by atoms with Crippen LogP contribution in [0.1, 0.15) is 56.2 Å². The van der Waals surface area contributed by atoms with Gasteiger partial charge in [-0.1, -0.05) is 32.1 Å². The van der Waals surface area contributed by atoms with Crippen molar-refractivity contribution in [1.82, 2.24) is 15.1 Å². The van der Waals surface area contributed by atoms with Crippen LogP contribution in [0.2, 0.25) is 0 Å². The van der Waals surface area contributed by atoms with Crippen molar-refractivity contribution in [3.8, 4) is 0 Å². The Morgan fingerprint density at radius 1 is 1.42 bits per heavy atom. The molecule has 19 heavy (non-hydrogen) atoms. The Morgan fingerprint density at radius 3 is 2.79 bits per heavy atom. The van der Waals surface area contributed by atoms with E-state index in [0.717, 1.165) is 23.6 Å². The maximum atomic E-state index is 11.8. The molecular formula is C15H25N3O. The van der Waals surface area contributed by atoms with E-state index < -0.39 is 0 Å². The van der Waals surface area contributed by atoms with Crippen molar-refractivity contribution >= 4 is 5.91 Å². The maximum Gasteiger partial charge on any atom is 0.220 e. The quantitative estimate of drug-likeness (QED) is 0.888. The zero-order valence-electron chi connectivity index (χ0n) is 12.1. The normalized spacial score (nSPS) is 16.5. The minimum atomic E-state index is 0.175. The molecule has 0 spiro atoms. The van der Waals surface area contributed by atoms with E-state index in [1.54, 1.807) is 4.68 Å². The van der Waals surface area contributed by atoms with Gasteiger partial charge in [0.25, 0.3) is 0 Å². The molecule has 0 saturated heterocycles. The summed E-state index contributed by atoms with van der Waals surface area (Å²) in [7, 11) is 1.90. The van der Waals surface area contributed by atoms with Gasteiger partial charge in [0, 0.05) is 31.8 Å².